The van der Waals surface area contributed by atoms with Crippen molar-refractivity contribution in [1.82, 2.24) is 9.72 Å². The van der Waals surface area contributed by atoms with E-state index in [-0.39, 0.29) is 29.8 Å². The van der Waals surface area contributed by atoms with E-state index >= 15 is 0 Å². The van der Waals surface area contributed by atoms with E-state index in [9.17, 15) is 14.4 Å². The summed E-state index contributed by atoms with van der Waals surface area (Å²) < 4.78 is 11.7. The topological polar surface area (TPSA) is 103 Å². The largest absolute Gasteiger partial charge is 0.457 e. The van der Waals surface area contributed by atoms with Gasteiger partial charge in [0.05, 0.1) is 11.5 Å². The quantitative estimate of drug-likeness (QED) is 0.553. The Kier molecular flexibility index (Phi) is 6.62. The monoisotopic (exact) mass is 379 g/mol. The summed E-state index contributed by atoms with van der Waals surface area (Å²) in [5, 5.41) is 6.19. The summed E-state index contributed by atoms with van der Waals surface area (Å²) in [6.07, 6.45) is 0. The molecule has 2 rings (SSSR count). The number of ketones is 1. The Morgan fingerprint density at radius 3 is 2.54 bits per heavy atom. The first-order valence-electron chi connectivity index (χ1n) is 7.90. The molecule has 0 fully saturated rings. The zero-order valence-electron chi connectivity index (χ0n) is 15.1. The molecule has 2 aromatic rings. The van der Waals surface area contributed by atoms with Crippen LogP contribution in [-0.4, -0.2) is 45.5 Å². The third kappa shape index (κ3) is 5.22. The molecule has 8 nitrogen and oxygen atoms in total. The number of thioether (sulfide) groups is 1. The van der Waals surface area contributed by atoms with Crippen molar-refractivity contribution in [2.24, 2.45) is 7.05 Å². The van der Waals surface area contributed by atoms with Crippen LogP contribution in [0.3, 0.4) is 0 Å². The minimum absolute atomic E-state index is 0.0225. The number of rotatable bonds is 8. The number of nitrogens with one attached hydrogen (secondary N) is 1. The fourth-order valence-corrected chi connectivity index (χ4v) is 2.84. The molecule has 0 aliphatic rings. The van der Waals surface area contributed by atoms with Gasteiger partial charge in [-0.3, -0.25) is 14.4 Å². The maximum Gasteiger partial charge on any atom is 0.316 e. The van der Waals surface area contributed by atoms with Crippen molar-refractivity contribution < 1.29 is 23.6 Å². The molecule has 140 valence electrons. The number of ether oxygens (including phenoxy) is 1. The highest BCUT2D eigenvalue weighted by Crippen LogP contribution is 2.14. The van der Waals surface area contributed by atoms with Crippen molar-refractivity contribution in [3.63, 3.8) is 0 Å². The highest BCUT2D eigenvalue weighted by Gasteiger charge is 2.16. The molecule has 0 bridgehead atoms. The van der Waals surface area contributed by atoms with Crippen LogP contribution in [0.5, 0.6) is 0 Å². The standard InChI is InChI=1S/C17H21N3O5S/c1-10-5-13(12(3)20(10)4)14(21)7-24-17(23)9-26-8-16(22)18-15-6-11(2)25-19-15/h5-6H,7-9H2,1-4H3,(H,18,19,22). The zero-order valence-corrected chi connectivity index (χ0v) is 15.9. The molecule has 0 saturated carbocycles. The average molecular weight is 379 g/mol. The molecule has 26 heavy (non-hydrogen) atoms. The van der Waals surface area contributed by atoms with Gasteiger partial charge in [0.25, 0.3) is 0 Å². The Bertz CT molecular complexity index is 824. The Morgan fingerprint density at radius 1 is 1.23 bits per heavy atom. The number of aryl methyl sites for hydroxylation is 2. The van der Waals surface area contributed by atoms with Crippen LogP contribution in [0.2, 0.25) is 0 Å². The van der Waals surface area contributed by atoms with Gasteiger partial charge in [-0.2, -0.15) is 0 Å². The normalized spacial score (nSPS) is 10.6. The van der Waals surface area contributed by atoms with Crippen molar-refractivity contribution in [3.05, 3.63) is 34.8 Å². The predicted octanol–water partition coefficient (Wildman–Crippen LogP) is 2.04. The first-order valence-corrected chi connectivity index (χ1v) is 9.06. The van der Waals surface area contributed by atoms with E-state index in [0.29, 0.717) is 17.1 Å². The molecule has 0 atom stereocenters. The number of hydrogen-bond acceptors (Lipinski definition) is 7. The summed E-state index contributed by atoms with van der Waals surface area (Å²) in [6, 6.07) is 3.37. The molecule has 0 aromatic carbocycles. The number of hydrogen-bond donors (Lipinski definition) is 1. The Balaban J connectivity index is 1.69. The van der Waals surface area contributed by atoms with Crippen molar-refractivity contribution in [2.75, 3.05) is 23.4 Å². The molecular formula is C17H21N3O5S. The second-order valence-corrected chi connectivity index (χ2v) is 6.78. The maximum atomic E-state index is 12.1. The summed E-state index contributed by atoms with van der Waals surface area (Å²) in [4.78, 5) is 35.6. The third-order valence-corrected chi connectivity index (χ3v) is 4.69. The number of esters is 1. The van der Waals surface area contributed by atoms with E-state index in [2.05, 4.69) is 10.5 Å². The lowest BCUT2D eigenvalue weighted by atomic mass is 10.1. The number of nitrogens with zero attached hydrogens (tertiary/aromatic N) is 2. The molecule has 0 saturated heterocycles. The number of carbonyl (C=O) groups is 3. The molecule has 0 aliphatic carbocycles. The van der Waals surface area contributed by atoms with Crippen LogP contribution >= 0.6 is 11.8 Å². The van der Waals surface area contributed by atoms with Crippen molar-refractivity contribution in [3.8, 4) is 0 Å². The van der Waals surface area contributed by atoms with Crippen LogP contribution in [0.1, 0.15) is 27.5 Å². The van der Waals surface area contributed by atoms with Gasteiger partial charge < -0.3 is 19.1 Å². The molecule has 0 aliphatic heterocycles. The van der Waals surface area contributed by atoms with Gasteiger partial charge >= 0.3 is 5.97 Å². The highest BCUT2D eigenvalue weighted by molar-refractivity contribution is 8.00. The van der Waals surface area contributed by atoms with Gasteiger partial charge in [0.1, 0.15) is 5.76 Å². The van der Waals surface area contributed by atoms with Crippen LogP contribution in [0.25, 0.3) is 0 Å². The Hall–Kier alpha value is -2.55. The van der Waals surface area contributed by atoms with Crippen molar-refractivity contribution >= 4 is 35.2 Å². The molecule has 1 amide bonds. The van der Waals surface area contributed by atoms with E-state index in [4.69, 9.17) is 9.26 Å². The molecule has 9 heteroatoms. The lowest BCUT2D eigenvalue weighted by Crippen LogP contribution is -2.18. The number of anilines is 1. The van der Waals surface area contributed by atoms with Crippen LogP contribution < -0.4 is 5.32 Å². The van der Waals surface area contributed by atoms with E-state index in [0.717, 1.165) is 23.1 Å². The number of amides is 1. The molecule has 0 radical (unpaired) electrons. The smallest absolute Gasteiger partial charge is 0.316 e. The molecule has 2 aromatic heterocycles. The van der Waals surface area contributed by atoms with Gasteiger partial charge in [-0.1, -0.05) is 5.16 Å². The molecular weight excluding hydrogens is 358 g/mol. The van der Waals surface area contributed by atoms with Crippen LogP contribution in [0.15, 0.2) is 16.7 Å². The summed E-state index contributed by atoms with van der Waals surface area (Å²) in [7, 11) is 1.87. The van der Waals surface area contributed by atoms with Crippen LogP contribution in [0, 0.1) is 20.8 Å². The SMILES string of the molecule is Cc1cc(NC(=O)CSCC(=O)OCC(=O)c2cc(C)n(C)c2C)no1. The van der Waals surface area contributed by atoms with Gasteiger partial charge in [0.2, 0.25) is 11.7 Å². The maximum absolute atomic E-state index is 12.1. The molecule has 0 spiro atoms. The van der Waals surface area contributed by atoms with Gasteiger partial charge in [-0.25, -0.2) is 0 Å². The third-order valence-electron chi connectivity index (χ3n) is 3.79. The predicted molar refractivity (Wildman–Crippen MR) is 97.4 cm³/mol. The summed E-state index contributed by atoms with van der Waals surface area (Å²) in [6.45, 7) is 5.14. The first-order chi connectivity index (χ1) is 12.3. The van der Waals surface area contributed by atoms with Crippen LogP contribution in [0.4, 0.5) is 5.82 Å². The lowest BCUT2D eigenvalue weighted by Gasteiger charge is -2.05. The minimum Gasteiger partial charge on any atom is -0.457 e. The molecule has 0 unspecified atom stereocenters. The lowest BCUT2D eigenvalue weighted by molar-refractivity contribution is -0.139. The fourth-order valence-electron chi connectivity index (χ4n) is 2.23. The molecule has 2 heterocycles. The summed E-state index contributed by atoms with van der Waals surface area (Å²) >= 11 is 1.09. The van der Waals surface area contributed by atoms with Gasteiger partial charge in [-0.15, -0.1) is 11.8 Å². The Labute approximate surface area is 155 Å². The van der Waals surface area contributed by atoms with Crippen LogP contribution in [-0.2, 0) is 21.4 Å². The minimum atomic E-state index is -0.543. The highest BCUT2D eigenvalue weighted by atomic mass is 32.2. The van der Waals surface area contributed by atoms with Crippen molar-refractivity contribution in [2.45, 2.75) is 20.8 Å². The number of carbonyl (C=O) groups excluding carboxylic acids is 3. The summed E-state index contributed by atoms with van der Waals surface area (Å²) in [5.41, 5.74) is 2.34. The molecule has 1 N–H and O–H groups in total. The fraction of sp³-hybridized carbons (Fsp3) is 0.412. The van der Waals surface area contributed by atoms with E-state index in [1.54, 1.807) is 19.1 Å². The van der Waals surface area contributed by atoms with Crippen molar-refractivity contribution in [1.29, 1.82) is 0 Å². The summed E-state index contributed by atoms with van der Waals surface area (Å²) in [5.74, 6) is -0.137. The first kappa shape index (κ1) is 19.8. The van der Waals surface area contributed by atoms with E-state index < -0.39 is 5.97 Å². The van der Waals surface area contributed by atoms with E-state index in [1.807, 2.05) is 25.5 Å². The second kappa shape index (κ2) is 8.70. The van der Waals surface area contributed by atoms with Gasteiger partial charge in [-0.05, 0) is 26.8 Å². The average Bonchev–Trinajstić information content (AvgIpc) is 3.10. The Morgan fingerprint density at radius 2 is 1.96 bits per heavy atom. The van der Waals surface area contributed by atoms with E-state index in [1.165, 1.54) is 0 Å². The second-order valence-electron chi connectivity index (χ2n) is 5.79. The zero-order chi connectivity index (χ0) is 19.3. The number of aromatic nitrogens is 2. The number of Topliss-reactive ketones (excluding diaryl/α,β-unsaturated/α-hetero) is 1. The van der Waals surface area contributed by atoms with Gasteiger partial charge in [0.15, 0.2) is 12.4 Å². The van der Waals surface area contributed by atoms with Gasteiger partial charge in [0, 0.05) is 30.1 Å².